The van der Waals surface area contributed by atoms with Crippen LogP contribution in [-0.4, -0.2) is 31.2 Å². The standard InChI is InChI=1S/C25H27N3O2S/c1-17(2)15-26-25-28(27-22-11-7-9-18-8-5-6-10-20(18)22)23(16-31-25)21-13-12-19(29-3)14-24(21)30-4/h5-6,8,10,12-14,16H,1,7,9,11,15H2,2-4H3. The smallest absolute Gasteiger partial charge is 0.206 e. The summed E-state index contributed by atoms with van der Waals surface area (Å²) < 4.78 is 13.0. The Morgan fingerprint density at radius 3 is 2.71 bits per heavy atom. The maximum atomic E-state index is 5.67. The summed E-state index contributed by atoms with van der Waals surface area (Å²) in [5, 5.41) is 7.21. The number of benzene rings is 2. The van der Waals surface area contributed by atoms with Gasteiger partial charge in [0, 0.05) is 22.6 Å². The van der Waals surface area contributed by atoms with Gasteiger partial charge in [-0.2, -0.15) is 5.10 Å². The van der Waals surface area contributed by atoms with Crippen molar-refractivity contribution in [1.82, 2.24) is 4.68 Å². The summed E-state index contributed by atoms with van der Waals surface area (Å²) in [6.07, 6.45) is 3.13. The Morgan fingerprint density at radius 1 is 1.10 bits per heavy atom. The van der Waals surface area contributed by atoms with Crippen molar-refractivity contribution < 1.29 is 9.47 Å². The van der Waals surface area contributed by atoms with Crippen molar-refractivity contribution in [3.05, 3.63) is 75.9 Å². The predicted octanol–water partition coefficient (Wildman–Crippen LogP) is 5.30. The number of methoxy groups -OCH3 is 2. The van der Waals surface area contributed by atoms with Gasteiger partial charge in [-0.15, -0.1) is 11.3 Å². The Bertz CT molecular complexity index is 1200. The second-order valence-electron chi connectivity index (χ2n) is 7.61. The van der Waals surface area contributed by atoms with E-state index in [-0.39, 0.29) is 0 Å². The van der Waals surface area contributed by atoms with Gasteiger partial charge in [0.15, 0.2) is 0 Å². The molecule has 0 N–H and O–H groups in total. The summed E-state index contributed by atoms with van der Waals surface area (Å²) in [5.74, 6) is 1.49. The van der Waals surface area contributed by atoms with Crippen LogP contribution in [0.25, 0.3) is 11.3 Å². The zero-order valence-corrected chi connectivity index (χ0v) is 19.0. The third-order valence-corrected chi connectivity index (χ3v) is 6.12. The van der Waals surface area contributed by atoms with Crippen molar-refractivity contribution in [3.63, 3.8) is 0 Å². The van der Waals surface area contributed by atoms with E-state index in [2.05, 4.69) is 36.2 Å². The van der Waals surface area contributed by atoms with E-state index in [1.54, 1.807) is 25.6 Å². The molecule has 5 nitrogen and oxygen atoms in total. The monoisotopic (exact) mass is 433 g/mol. The van der Waals surface area contributed by atoms with Gasteiger partial charge in [0.25, 0.3) is 0 Å². The highest BCUT2D eigenvalue weighted by molar-refractivity contribution is 7.07. The molecule has 0 atom stereocenters. The molecule has 1 aromatic heterocycles. The van der Waals surface area contributed by atoms with Crippen molar-refractivity contribution in [3.8, 4) is 22.8 Å². The summed E-state index contributed by atoms with van der Waals surface area (Å²) in [7, 11) is 3.32. The fourth-order valence-corrected chi connectivity index (χ4v) is 4.55. The lowest BCUT2D eigenvalue weighted by Gasteiger charge is -2.18. The van der Waals surface area contributed by atoms with Gasteiger partial charge >= 0.3 is 0 Å². The molecule has 0 fully saturated rings. The summed E-state index contributed by atoms with van der Waals surface area (Å²) in [4.78, 5) is 5.61. The van der Waals surface area contributed by atoms with E-state index >= 15 is 0 Å². The average molecular weight is 434 g/mol. The highest BCUT2D eigenvalue weighted by Crippen LogP contribution is 2.34. The molecule has 1 heterocycles. The molecule has 0 amide bonds. The Labute approximate surface area is 187 Å². The van der Waals surface area contributed by atoms with E-state index < -0.39 is 0 Å². The van der Waals surface area contributed by atoms with Crippen LogP contribution in [-0.2, 0) is 6.42 Å². The summed E-state index contributed by atoms with van der Waals surface area (Å²) in [6, 6.07) is 14.4. The quantitative estimate of drug-likeness (QED) is 0.495. The van der Waals surface area contributed by atoms with Gasteiger partial charge in [-0.05, 0) is 43.9 Å². The van der Waals surface area contributed by atoms with Gasteiger partial charge < -0.3 is 9.47 Å². The number of aryl methyl sites for hydroxylation is 1. The summed E-state index contributed by atoms with van der Waals surface area (Å²) in [6.45, 7) is 6.54. The van der Waals surface area contributed by atoms with Gasteiger partial charge in [-0.1, -0.05) is 36.4 Å². The molecule has 0 unspecified atom stereocenters. The first-order valence-electron chi connectivity index (χ1n) is 10.3. The number of rotatable bonds is 6. The molecular weight excluding hydrogens is 406 g/mol. The van der Waals surface area contributed by atoms with E-state index in [9.17, 15) is 0 Å². The number of hydrogen-bond donors (Lipinski definition) is 0. The minimum absolute atomic E-state index is 0.571. The Hall–Kier alpha value is -3.12. The molecule has 0 radical (unpaired) electrons. The van der Waals surface area contributed by atoms with Crippen LogP contribution in [0.15, 0.2) is 70.1 Å². The lowest BCUT2D eigenvalue weighted by Crippen LogP contribution is -2.19. The van der Waals surface area contributed by atoms with E-state index in [1.807, 2.05) is 29.8 Å². The second kappa shape index (κ2) is 9.35. The van der Waals surface area contributed by atoms with Crippen molar-refractivity contribution >= 4 is 17.0 Å². The average Bonchev–Trinajstić information content (AvgIpc) is 3.19. The highest BCUT2D eigenvalue weighted by Gasteiger charge is 2.18. The first kappa shape index (κ1) is 21.1. The van der Waals surface area contributed by atoms with Crippen molar-refractivity contribution in [2.45, 2.75) is 26.2 Å². The minimum Gasteiger partial charge on any atom is -0.497 e. The van der Waals surface area contributed by atoms with Gasteiger partial charge in [-0.25, -0.2) is 4.68 Å². The maximum Gasteiger partial charge on any atom is 0.206 e. The van der Waals surface area contributed by atoms with Crippen molar-refractivity contribution in [2.24, 2.45) is 10.1 Å². The lowest BCUT2D eigenvalue weighted by molar-refractivity contribution is 0.395. The van der Waals surface area contributed by atoms with Gasteiger partial charge in [0.1, 0.15) is 11.5 Å². The Morgan fingerprint density at radius 2 is 1.94 bits per heavy atom. The van der Waals surface area contributed by atoms with Crippen LogP contribution in [0.1, 0.15) is 30.9 Å². The number of thiazole rings is 1. The van der Waals surface area contributed by atoms with E-state index in [0.29, 0.717) is 6.54 Å². The molecular formula is C25H27N3O2S. The van der Waals surface area contributed by atoms with Crippen LogP contribution >= 0.6 is 11.3 Å². The van der Waals surface area contributed by atoms with E-state index in [1.165, 1.54) is 11.1 Å². The topological polar surface area (TPSA) is 48.1 Å². The number of nitrogens with zero attached hydrogens (tertiary/aromatic N) is 3. The highest BCUT2D eigenvalue weighted by atomic mass is 32.1. The molecule has 0 aliphatic heterocycles. The first-order chi connectivity index (χ1) is 15.1. The van der Waals surface area contributed by atoms with Gasteiger partial charge in [0.2, 0.25) is 4.80 Å². The zero-order chi connectivity index (χ0) is 21.8. The van der Waals surface area contributed by atoms with E-state index in [0.717, 1.165) is 58.1 Å². The fourth-order valence-electron chi connectivity index (χ4n) is 3.73. The molecule has 4 rings (SSSR count). The lowest BCUT2D eigenvalue weighted by atomic mass is 9.90. The third kappa shape index (κ3) is 4.49. The number of ether oxygens (including phenoxy) is 2. The van der Waals surface area contributed by atoms with Gasteiger partial charge in [0.05, 0.1) is 32.2 Å². The van der Waals surface area contributed by atoms with Crippen LogP contribution in [0.5, 0.6) is 11.5 Å². The SMILES string of the molecule is C=C(C)CN=c1scc(-c2ccc(OC)cc2OC)n1N=C1CCCc2ccccc21. The van der Waals surface area contributed by atoms with Gasteiger partial charge in [-0.3, -0.25) is 4.99 Å². The molecule has 160 valence electrons. The molecule has 0 bridgehead atoms. The third-order valence-electron chi connectivity index (χ3n) is 5.26. The normalized spacial score (nSPS) is 15.1. The Kier molecular flexibility index (Phi) is 6.37. The second-order valence-corrected chi connectivity index (χ2v) is 8.45. The first-order valence-corrected chi connectivity index (χ1v) is 11.2. The largest absolute Gasteiger partial charge is 0.497 e. The molecule has 0 saturated carbocycles. The van der Waals surface area contributed by atoms with Crippen LogP contribution in [0.4, 0.5) is 0 Å². The molecule has 3 aromatic rings. The summed E-state index contributed by atoms with van der Waals surface area (Å²) in [5.41, 5.74) is 6.58. The van der Waals surface area contributed by atoms with Crippen molar-refractivity contribution in [1.29, 1.82) is 0 Å². The van der Waals surface area contributed by atoms with Crippen LogP contribution in [0.2, 0.25) is 0 Å². The Balaban J connectivity index is 1.90. The van der Waals surface area contributed by atoms with Crippen molar-refractivity contribution in [2.75, 3.05) is 20.8 Å². The number of fused-ring (bicyclic) bond motifs is 1. The number of hydrogen-bond acceptors (Lipinski definition) is 5. The molecule has 1 aliphatic rings. The maximum absolute atomic E-state index is 5.67. The predicted molar refractivity (Wildman–Crippen MR) is 127 cm³/mol. The minimum atomic E-state index is 0.571. The fraction of sp³-hybridized carbons (Fsp3) is 0.280. The van der Waals surface area contributed by atoms with Crippen LogP contribution in [0.3, 0.4) is 0 Å². The zero-order valence-electron chi connectivity index (χ0n) is 18.2. The molecule has 6 heteroatoms. The molecule has 1 aliphatic carbocycles. The van der Waals surface area contributed by atoms with E-state index in [4.69, 9.17) is 19.6 Å². The van der Waals surface area contributed by atoms with Crippen LogP contribution < -0.4 is 14.3 Å². The molecule has 31 heavy (non-hydrogen) atoms. The molecule has 0 saturated heterocycles. The summed E-state index contributed by atoms with van der Waals surface area (Å²) >= 11 is 1.57. The number of aromatic nitrogens is 1. The molecule has 2 aromatic carbocycles. The molecule has 0 spiro atoms. The van der Waals surface area contributed by atoms with Crippen LogP contribution in [0, 0.1) is 0 Å².